The number of ether oxygens (including phenoxy) is 3. The maximum absolute atomic E-state index is 12.4. The number of carbonyl (C=O) groups is 1. The molecule has 6 nitrogen and oxygen atoms in total. The maximum atomic E-state index is 12.4. The Hall–Kier alpha value is -1.79. The molecular weight excluding hydrogens is 298 g/mol. The van der Waals surface area contributed by atoms with E-state index in [1.807, 2.05) is 6.07 Å². The van der Waals surface area contributed by atoms with Crippen LogP contribution in [0.25, 0.3) is 0 Å². The lowest BCUT2D eigenvalue weighted by Crippen LogP contribution is -2.54. The molecule has 1 aliphatic carbocycles. The molecule has 5 atom stereocenters. The number of esters is 1. The second-order valence-electron chi connectivity index (χ2n) is 7.01. The van der Waals surface area contributed by atoms with E-state index in [4.69, 9.17) is 14.2 Å². The van der Waals surface area contributed by atoms with Crippen molar-refractivity contribution in [2.45, 2.75) is 37.0 Å². The number of hydrogen-bond acceptors (Lipinski definition) is 6. The summed E-state index contributed by atoms with van der Waals surface area (Å²) in [6, 6.07) is 3.92. The number of aliphatic hydroxyl groups excluding tert-OH is 1. The van der Waals surface area contributed by atoms with Crippen LogP contribution in [-0.4, -0.2) is 54.6 Å². The lowest BCUT2D eigenvalue weighted by molar-refractivity contribution is -0.0778. The number of likely N-dealkylation sites (tertiary alicyclic amines) is 1. The maximum Gasteiger partial charge on any atom is 0.338 e. The Morgan fingerprint density at radius 2 is 2.04 bits per heavy atom. The van der Waals surface area contributed by atoms with E-state index in [0.29, 0.717) is 29.4 Å². The predicted octanol–water partition coefficient (Wildman–Crippen LogP) is 1.12. The number of fused-ring (bicyclic) bond motifs is 6. The zero-order valence-corrected chi connectivity index (χ0v) is 12.9. The highest BCUT2D eigenvalue weighted by atomic mass is 16.7. The van der Waals surface area contributed by atoms with Crippen molar-refractivity contribution in [1.82, 2.24) is 4.90 Å². The van der Waals surface area contributed by atoms with Crippen molar-refractivity contribution in [3.05, 3.63) is 23.3 Å². The van der Waals surface area contributed by atoms with Gasteiger partial charge in [0.1, 0.15) is 6.10 Å². The summed E-state index contributed by atoms with van der Waals surface area (Å²) in [6.45, 7) is 1.19. The summed E-state index contributed by atoms with van der Waals surface area (Å²) in [7, 11) is 2.11. The van der Waals surface area contributed by atoms with Crippen LogP contribution in [0.4, 0.5) is 0 Å². The summed E-state index contributed by atoms with van der Waals surface area (Å²) in [5, 5.41) is 10.5. The van der Waals surface area contributed by atoms with Crippen molar-refractivity contribution in [2.75, 3.05) is 20.4 Å². The van der Waals surface area contributed by atoms with Crippen LogP contribution >= 0.6 is 0 Å². The van der Waals surface area contributed by atoms with Gasteiger partial charge in [-0.05, 0) is 50.0 Å². The molecule has 5 rings (SSSR count). The molecule has 3 aliphatic heterocycles. The predicted molar refractivity (Wildman–Crippen MR) is 79.7 cm³/mol. The Balaban J connectivity index is 1.68. The number of carbonyl (C=O) groups excluding carboxylic acids is 1. The zero-order chi connectivity index (χ0) is 15.7. The Kier molecular flexibility index (Phi) is 2.73. The molecule has 23 heavy (non-hydrogen) atoms. The smallest absolute Gasteiger partial charge is 0.338 e. The van der Waals surface area contributed by atoms with Crippen LogP contribution < -0.4 is 9.47 Å². The van der Waals surface area contributed by atoms with E-state index in [1.54, 1.807) is 6.07 Å². The Bertz CT molecular complexity index is 690. The highest BCUT2D eigenvalue weighted by molar-refractivity contribution is 5.94. The highest BCUT2D eigenvalue weighted by Gasteiger charge is 2.53. The summed E-state index contributed by atoms with van der Waals surface area (Å²) >= 11 is 0. The molecule has 1 N–H and O–H groups in total. The van der Waals surface area contributed by atoms with Crippen molar-refractivity contribution < 1.29 is 24.1 Å². The van der Waals surface area contributed by atoms with E-state index >= 15 is 0 Å². The van der Waals surface area contributed by atoms with E-state index in [2.05, 4.69) is 11.9 Å². The Morgan fingerprint density at radius 3 is 2.87 bits per heavy atom. The van der Waals surface area contributed by atoms with Crippen molar-refractivity contribution in [2.24, 2.45) is 5.92 Å². The Labute approximate surface area is 133 Å². The fraction of sp³-hybridized carbons (Fsp3) is 0.588. The lowest BCUT2D eigenvalue weighted by atomic mass is 9.69. The molecule has 0 amide bonds. The number of likely N-dealkylation sites (N-methyl/N-ethyl adjacent to an activating group) is 1. The van der Waals surface area contributed by atoms with Gasteiger partial charge in [0, 0.05) is 12.0 Å². The van der Waals surface area contributed by atoms with Crippen LogP contribution in [0, 0.1) is 5.92 Å². The minimum atomic E-state index is -0.602. The van der Waals surface area contributed by atoms with E-state index in [-0.39, 0.29) is 24.7 Å². The van der Waals surface area contributed by atoms with Crippen molar-refractivity contribution >= 4 is 5.97 Å². The van der Waals surface area contributed by atoms with Gasteiger partial charge in [0.25, 0.3) is 0 Å². The molecule has 0 unspecified atom stereocenters. The van der Waals surface area contributed by atoms with Gasteiger partial charge in [-0.1, -0.05) is 0 Å². The van der Waals surface area contributed by atoms with Gasteiger partial charge in [0.15, 0.2) is 11.5 Å². The first-order valence-electron chi connectivity index (χ1n) is 8.16. The second kappa shape index (κ2) is 4.61. The van der Waals surface area contributed by atoms with Gasteiger partial charge in [-0.15, -0.1) is 0 Å². The van der Waals surface area contributed by atoms with Crippen LogP contribution in [0.15, 0.2) is 12.1 Å². The summed E-state index contributed by atoms with van der Waals surface area (Å²) in [6.07, 6.45) is 0.700. The second-order valence-corrected chi connectivity index (χ2v) is 7.01. The third-order valence-corrected chi connectivity index (χ3v) is 5.86. The molecule has 1 saturated heterocycles. The fourth-order valence-electron chi connectivity index (χ4n) is 4.86. The van der Waals surface area contributed by atoms with E-state index < -0.39 is 12.2 Å². The number of benzene rings is 1. The average Bonchev–Trinajstić information content (AvgIpc) is 3.13. The molecule has 0 radical (unpaired) electrons. The van der Waals surface area contributed by atoms with Gasteiger partial charge in [-0.3, -0.25) is 0 Å². The van der Waals surface area contributed by atoms with Crippen LogP contribution in [0.1, 0.15) is 34.7 Å². The van der Waals surface area contributed by atoms with Gasteiger partial charge in [-0.2, -0.15) is 0 Å². The summed E-state index contributed by atoms with van der Waals surface area (Å²) in [5.74, 6) is 1.31. The quantitative estimate of drug-likeness (QED) is 0.723. The van der Waals surface area contributed by atoms with Gasteiger partial charge < -0.3 is 24.2 Å². The van der Waals surface area contributed by atoms with Crippen LogP contribution in [0.2, 0.25) is 0 Å². The van der Waals surface area contributed by atoms with Crippen LogP contribution in [0.3, 0.4) is 0 Å². The first-order valence-corrected chi connectivity index (χ1v) is 8.16. The van der Waals surface area contributed by atoms with Crippen molar-refractivity contribution in [1.29, 1.82) is 0 Å². The van der Waals surface area contributed by atoms with Crippen molar-refractivity contribution in [3.8, 4) is 11.5 Å². The SMILES string of the molecule is CN1CC[C@H]2C[C@@H](O)[C@H]3OC(=O)c4cc5c(cc4[C@H]3[C@H]21)OCO5. The first-order chi connectivity index (χ1) is 11.1. The normalized spacial score (nSPS) is 37.8. The number of hydrogen-bond donors (Lipinski definition) is 1. The van der Waals surface area contributed by atoms with Crippen LogP contribution in [0.5, 0.6) is 11.5 Å². The third-order valence-electron chi connectivity index (χ3n) is 5.86. The first kappa shape index (κ1) is 13.6. The van der Waals surface area contributed by atoms with Gasteiger partial charge in [0.05, 0.1) is 11.7 Å². The molecular formula is C17H19NO5. The summed E-state index contributed by atoms with van der Waals surface area (Å²) in [4.78, 5) is 14.8. The lowest BCUT2D eigenvalue weighted by Gasteiger charge is -2.47. The highest BCUT2D eigenvalue weighted by Crippen LogP contribution is 2.50. The minimum absolute atomic E-state index is 0.0153. The molecule has 6 heteroatoms. The van der Waals surface area contributed by atoms with E-state index in [1.165, 1.54) is 0 Å². The standard InChI is InChI=1S/C17H19NO5/c1-18-3-2-8-4-11(19)16-14(15(8)18)9-5-12-13(22-7-21-12)6-10(9)17(20)23-16/h5-6,8,11,14-16,19H,2-4,7H2,1H3/t8-,11+,14-,15-,16+/m0/s1. The molecule has 1 saturated carbocycles. The third kappa shape index (κ3) is 1.79. The molecule has 4 aliphatic rings. The topological polar surface area (TPSA) is 68.2 Å². The molecule has 2 fully saturated rings. The van der Waals surface area contributed by atoms with Gasteiger partial charge in [0.2, 0.25) is 6.79 Å². The van der Waals surface area contributed by atoms with Gasteiger partial charge >= 0.3 is 5.97 Å². The Morgan fingerprint density at radius 1 is 1.26 bits per heavy atom. The largest absolute Gasteiger partial charge is 0.455 e. The molecule has 0 spiro atoms. The number of rotatable bonds is 0. The molecule has 1 aromatic carbocycles. The molecule has 1 aromatic rings. The summed E-state index contributed by atoms with van der Waals surface area (Å²) < 4.78 is 16.5. The number of aliphatic hydroxyl groups is 1. The van der Waals surface area contributed by atoms with Crippen molar-refractivity contribution in [3.63, 3.8) is 0 Å². The van der Waals surface area contributed by atoms with E-state index in [0.717, 1.165) is 18.5 Å². The molecule has 3 heterocycles. The molecule has 0 bridgehead atoms. The fourth-order valence-corrected chi connectivity index (χ4v) is 4.86. The average molecular weight is 317 g/mol. The molecule has 122 valence electrons. The van der Waals surface area contributed by atoms with E-state index in [9.17, 15) is 9.90 Å². The van der Waals surface area contributed by atoms with Gasteiger partial charge in [-0.25, -0.2) is 4.79 Å². The molecule has 0 aromatic heterocycles. The van der Waals surface area contributed by atoms with Crippen LogP contribution in [-0.2, 0) is 4.74 Å². The minimum Gasteiger partial charge on any atom is -0.455 e. The summed E-state index contributed by atoms with van der Waals surface area (Å²) in [5.41, 5.74) is 1.47. The monoisotopic (exact) mass is 317 g/mol. The number of nitrogens with zero attached hydrogens (tertiary/aromatic N) is 1. The zero-order valence-electron chi connectivity index (χ0n) is 12.9.